The van der Waals surface area contributed by atoms with Crippen LogP contribution >= 0.6 is 0 Å². The van der Waals surface area contributed by atoms with Gasteiger partial charge in [0.25, 0.3) is 0 Å². The average molecular weight is 294 g/mol. The standard InChI is InChI=1S/C20H35F/c1-8-15(2)9-10-16(3)17(4)11-12-18(5)19(6)13-14-20(7)21/h13-18H,6-12H2,1-5H3/b14-13-. The van der Waals surface area contributed by atoms with Crippen LogP contribution < -0.4 is 0 Å². The van der Waals surface area contributed by atoms with Crippen molar-refractivity contribution in [1.82, 2.24) is 0 Å². The van der Waals surface area contributed by atoms with E-state index in [0.717, 1.165) is 29.7 Å². The maximum Gasteiger partial charge on any atom is 0.116 e. The molecule has 1 heteroatoms. The van der Waals surface area contributed by atoms with Crippen molar-refractivity contribution in [2.24, 2.45) is 23.7 Å². The van der Waals surface area contributed by atoms with Gasteiger partial charge >= 0.3 is 0 Å². The van der Waals surface area contributed by atoms with Gasteiger partial charge in [0.1, 0.15) is 5.83 Å². The lowest BCUT2D eigenvalue weighted by atomic mass is 9.83. The second-order valence-electron chi connectivity index (χ2n) is 6.88. The molecule has 0 radical (unpaired) electrons. The first-order valence-electron chi connectivity index (χ1n) is 8.49. The predicted octanol–water partition coefficient (Wildman–Crippen LogP) is 7.10. The Labute approximate surface area is 132 Å². The molecule has 0 aliphatic rings. The molecule has 0 bridgehead atoms. The summed E-state index contributed by atoms with van der Waals surface area (Å²) in [5.74, 6) is 2.36. The lowest BCUT2D eigenvalue weighted by Gasteiger charge is -2.23. The Bertz CT molecular complexity index is 340. The van der Waals surface area contributed by atoms with E-state index >= 15 is 0 Å². The molecular formula is C20H35F. The Morgan fingerprint density at radius 3 is 1.90 bits per heavy atom. The van der Waals surface area contributed by atoms with Gasteiger partial charge in [-0.2, -0.15) is 0 Å². The summed E-state index contributed by atoms with van der Waals surface area (Å²) in [6, 6.07) is 0. The minimum absolute atomic E-state index is 0.407. The van der Waals surface area contributed by atoms with Crippen LogP contribution in [0.2, 0.25) is 0 Å². The molecule has 0 nitrogen and oxygen atoms in total. The van der Waals surface area contributed by atoms with Gasteiger partial charge in [0.05, 0.1) is 0 Å². The van der Waals surface area contributed by atoms with Gasteiger partial charge in [0, 0.05) is 0 Å². The molecule has 0 heterocycles. The van der Waals surface area contributed by atoms with Crippen molar-refractivity contribution in [2.75, 3.05) is 0 Å². The SMILES string of the molecule is C=C(F)/C=C\C(=C)C(C)CCC(C)C(C)CCC(C)CC. The topological polar surface area (TPSA) is 0 Å². The molecular weight excluding hydrogens is 259 g/mol. The van der Waals surface area contributed by atoms with Crippen LogP contribution in [-0.4, -0.2) is 0 Å². The van der Waals surface area contributed by atoms with Crippen LogP contribution in [0.4, 0.5) is 4.39 Å². The number of rotatable bonds is 11. The van der Waals surface area contributed by atoms with E-state index in [2.05, 4.69) is 47.8 Å². The summed E-state index contributed by atoms with van der Waals surface area (Å²) in [4.78, 5) is 0. The normalized spacial score (nSPS) is 17.4. The second-order valence-corrected chi connectivity index (χ2v) is 6.88. The van der Waals surface area contributed by atoms with Crippen molar-refractivity contribution in [3.05, 3.63) is 36.7 Å². The molecule has 0 N–H and O–H groups in total. The number of halogens is 1. The van der Waals surface area contributed by atoms with Gasteiger partial charge in [0.2, 0.25) is 0 Å². The smallest absolute Gasteiger partial charge is 0.116 e. The van der Waals surface area contributed by atoms with Crippen molar-refractivity contribution in [3.63, 3.8) is 0 Å². The van der Waals surface area contributed by atoms with E-state index in [9.17, 15) is 4.39 Å². The fourth-order valence-corrected chi connectivity index (χ4v) is 2.38. The third-order valence-corrected chi connectivity index (χ3v) is 4.95. The summed E-state index contributed by atoms with van der Waals surface area (Å²) in [7, 11) is 0. The van der Waals surface area contributed by atoms with Gasteiger partial charge in [-0.15, -0.1) is 0 Å². The summed E-state index contributed by atoms with van der Waals surface area (Å²) in [5, 5.41) is 0. The first-order valence-corrected chi connectivity index (χ1v) is 8.49. The maximum atomic E-state index is 12.6. The van der Waals surface area contributed by atoms with Gasteiger partial charge in [-0.1, -0.05) is 78.7 Å². The first-order chi connectivity index (χ1) is 9.77. The number of hydrogen-bond donors (Lipinski definition) is 0. The zero-order valence-corrected chi connectivity index (χ0v) is 14.8. The highest BCUT2D eigenvalue weighted by atomic mass is 19.1. The quantitative estimate of drug-likeness (QED) is 0.357. The molecule has 0 saturated heterocycles. The van der Waals surface area contributed by atoms with Gasteiger partial charge in [-0.25, -0.2) is 4.39 Å². The van der Waals surface area contributed by atoms with Crippen LogP contribution in [-0.2, 0) is 0 Å². The van der Waals surface area contributed by atoms with Crippen LogP contribution in [0.15, 0.2) is 36.7 Å². The maximum absolute atomic E-state index is 12.6. The molecule has 0 fully saturated rings. The Balaban J connectivity index is 4.08. The molecule has 0 saturated carbocycles. The highest BCUT2D eigenvalue weighted by Gasteiger charge is 2.15. The molecule has 0 aliphatic heterocycles. The van der Waals surface area contributed by atoms with E-state index in [1.807, 2.05) is 0 Å². The van der Waals surface area contributed by atoms with Gasteiger partial charge in [-0.3, -0.25) is 0 Å². The Morgan fingerprint density at radius 1 is 0.905 bits per heavy atom. The van der Waals surface area contributed by atoms with Crippen LogP contribution in [0, 0.1) is 23.7 Å². The Morgan fingerprint density at radius 2 is 1.43 bits per heavy atom. The molecule has 122 valence electrons. The molecule has 4 unspecified atom stereocenters. The lowest BCUT2D eigenvalue weighted by molar-refractivity contribution is 0.301. The molecule has 0 aromatic heterocycles. The highest BCUT2D eigenvalue weighted by molar-refractivity contribution is 5.22. The van der Waals surface area contributed by atoms with Crippen LogP contribution in [0.5, 0.6) is 0 Å². The first kappa shape index (κ1) is 20.1. The van der Waals surface area contributed by atoms with E-state index in [-0.39, 0.29) is 0 Å². The van der Waals surface area contributed by atoms with Crippen LogP contribution in [0.3, 0.4) is 0 Å². The van der Waals surface area contributed by atoms with E-state index in [0.29, 0.717) is 5.92 Å². The third kappa shape index (κ3) is 9.66. The molecule has 0 aromatic rings. The van der Waals surface area contributed by atoms with Gasteiger partial charge in [0.15, 0.2) is 0 Å². The molecule has 0 rings (SSSR count). The van der Waals surface area contributed by atoms with Crippen molar-refractivity contribution < 1.29 is 4.39 Å². The molecule has 0 aliphatic carbocycles. The molecule has 0 amide bonds. The van der Waals surface area contributed by atoms with E-state index < -0.39 is 5.83 Å². The molecule has 0 spiro atoms. The number of allylic oxidation sites excluding steroid dienone is 4. The predicted molar refractivity (Wildman–Crippen MR) is 93.9 cm³/mol. The van der Waals surface area contributed by atoms with Gasteiger partial charge < -0.3 is 0 Å². The van der Waals surface area contributed by atoms with Crippen molar-refractivity contribution in [2.45, 2.75) is 66.7 Å². The average Bonchev–Trinajstić information content (AvgIpc) is 2.46. The lowest BCUT2D eigenvalue weighted by Crippen LogP contribution is -2.11. The summed E-state index contributed by atoms with van der Waals surface area (Å²) < 4.78 is 12.6. The van der Waals surface area contributed by atoms with E-state index in [4.69, 9.17) is 0 Å². The van der Waals surface area contributed by atoms with Crippen LogP contribution in [0.1, 0.15) is 66.7 Å². The third-order valence-electron chi connectivity index (χ3n) is 4.95. The monoisotopic (exact) mass is 294 g/mol. The second kappa shape index (κ2) is 10.8. The van der Waals surface area contributed by atoms with Crippen molar-refractivity contribution in [1.29, 1.82) is 0 Å². The Kier molecular flexibility index (Phi) is 10.4. The van der Waals surface area contributed by atoms with Crippen LogP contribution in [0.25, 0.3) is 0 Å². The fourth-order valence-electron chi connectivity index (χ4n) is 2.38. The van der Waals surface area contributed by atoms with Crippen molar-refractivity contribution in [3.8, 4) is 0 Å². The summed E-state index contributed by atoms with van der Waals surface area (Å²) in [6.45, 7) is 18.8. The zero-order valence-electron chi connectivity index (χ0n) is 14.8. The summed E-state index contributed by atoms with van der Waals surface area (Å²) >= 11 is 0. The van der Waals surface area contributed by atoms with Crippen molar-refractivity contribution >= 4 is 0 Å². The molecule has 0 aromatic carbocycles. The summed E-state index contributed by atoms with van der Waals surface area (Å²) in [5.41, 5.74) is 0.994. The van der Waals surface area contributed by atoms with Gasteiger partial charge in [-0.05, 0) is 42.6 Å². The van der Waals surface area contributed by atoms with E-state index in [1.165, 1.54) is 31.8 Å². The molecule has 4 atom stereocenters. The number of hydrogen-bond acceptors (Lipinski definition) is 0. The minimum Gasteiger partial charge on any atom is -0.208 e. The minimum atomic E-state index is -0.407. The summed E-state index contributed by atoms with van der Waals surface area (Å²) in [6.07, 6.45) is 9.44. The van der Waals surface area contributed by atoms with E-state index in [1.54, 1.807) is 6.08 Å². The molecule has 21 heavy (non-hydrogen) atoms. The highest BCUT2D eigenvalue weighted by Crippen LogP contribution is 2.27. The largest absolute Gasteiger partial charge is 0.208 e. The fraction of sp³-hybridized carbons (Fsp3) is 0.700. The zero-order chi connectivity index (χ0) is 16.4. The Hall–Kier alpha value is -0.850.